The highest BCUT2D eigenvalue weighted by Gasteiger charge is 2.19. The monoisotopic (exact) mass is 289 g/mol. The van der Waals surface area contributed by atoms with Gasteiger partial charge < -0.3 is 5.73 Å². The number of aromatic nitrogens is 1. The number of carbonyl (C=O) groups excluding carboxylic acids is 1. The first-order chi connectivity index (χ1) is 9.29. The fourth-order valence-electron chi connectivity index (χ4n) is 1.72. The molecule has 2 aromatic rings. The Labute approximate surface area is 123 Å². The Kier molecular flexibility index (Phi) is 3.81. The lowest BCUT2D eigenvalue weighted by Gasteiger charge is -2.14. The first-order valence-electron chi connectivity index (χ1n) is 6.41. The van der Waals surface area contributed by atoms with E-state index in [2.05, 4.69) is 31.1 Å². The number of anilines is 2. The summed E-state index contributed by atoms with van der Waals surface area (Å²) >= 11 is 1.43. The predicted octanol–water partition coefficient (Wildman–Crippen LogP) is 3.58. The molecule has 0 saturated carbocycles. The molecule has 0 bridgehead atoms. The van der Waals surface area contributed by atoms with E-state index in [9.17, 15) is 4.79 Å². The number of hydrogen-bond acceptors (Lipinski definition) is 4. The lowest BCUT2D eigenvalue weighted by atomic mass is 9.93. The number of amides is 1. The van der Waals surface area contributed by atoms with E-state index in [0.29, 0.717) is 16.4 Å². The first-order valence-corrected chi connectivity index (χ1v) is 7.29. The summed E-state index contributed by atoms with van der Waals surface area (Å²) in [4.78, 5) is 16.7. The predicted molar refractivity (Wildman–Crippen MR) is 84.4 cm³/mol. The number of hydrogen-bond donors (Lipinski definition) is 2. The summed E-state index contributed by atoms with van der Waals surface area (Å²) in [5, 5.41) is 5.37. The van der Waals surface area contributed by atoms with Crippen molar-refractivity contribution < 1.29 is 4.79 Å². The van der Waals surface area contributed by atoms with E-state index in [1.807, 2.05) is 24.4 Å². The zero-order valence-corrected chi connectivity index (χ0v) is 13.0. The maximum atomic E-state index is 12.2. The Morgan fingerprint density at radius 3 is 2.65 bits per heavy atom. The van der Waals surface area contributed by atoms with Crippen molar-refractivity contribution in [2.45, 2.75) is 33.1 Å². The molecule has 0 fully saturated rings. The molecule has 5 heteroatoms. The van der Waals surface area contributed by atoms with Crippen LogP contribution in [0.25, 0.3) is 0 Å². The molecule has 2 rings (SSSR count). The lowest BCUT2D eigenvalue weighted by Crippen LogP contribution is -2.15. The van der Waals surface area contributed by atoms with Gasteiger partial charge in [-0.2, -0.15) is 0 Å². The number of nitrogens with zero attached hydrogens (tertiary/aromatic N) is 1. The van der Waals surface area contributed by atoms with Gasteiger partial charge in [0.1, 0.15) is 0 Å². The second-order valence-electron chi connectivity index (χ2n) is 5.78. The normalized spacial score (nSPS) is 11.4. The van der Waals surface area contributed by atoms with E-state index in [-0.39, 0.29) is 11.3 Å². The zero-order valence-electron chi connectivity index (χ0n) is 12.2. The maximum absolute atomic E-state index is 12.2. The molecule has 0 radical (unpaired) electrons. The van der Waals surface area contributed by atoms with Crippen LogP contribution in [-0.4, -0.2) is 10.9 Å². The standard InChI is InChI=1S/C15H19N3OS/c1-9-6-5-7-10(12(9)16)13(19)18-14-17-11(8-20-14)15(2,3)4/h5-8H,16H2,1-4H3,(H,17,18,19). The summed E-state index contributed by atoms with van der Waals surface area (Å²) in [6, 6.07) is 5.42. The fourth-order valence-corrected chi connectivity index (χ4v) is 2.65. The van der Waals surface area contributed by atoms with Crippen molar-refractivity contribution in [2.75, 3.05) is 11.1 Å². The van der Waals surface area contributed by atoms with Gasteiger partial charge in [-0.3, -0.25) is 10.1 Å². The van der Waals surface area contributed by atoms with Crippen LogP contribution < -0.4 is 11.1 Å². The molecule has 106 valence electrons. The summed E-state index contributed by atoms with van der Waals surface area (Å²) in [5.74, 6) is -0.221. The number of nitrogens with two attached hydrogens (primary N) is 1. The summed E-state index contributed by atoms with van der Waals surface area (Å²) in [6.07, 6.45) is 0. The molecule has 1 heterocycles. The quantitative estimate of drug-likeness (QED) is 0.830. The van der Waals surface area contributed by atoms with E-state index >= 15 is 0 Å². The number of nitrogen functional groups attached to an aromatic ring is 1. The van der Waals surface area contributed by atoms with Gasteiger partial charge in [-0.25, -0.2) is 4.98 Å². The second kappa shape index (κ2) is 5.25. The molecule has 0 aliphatic heterocycles. The Balaban J connectivity index is 2.20. The van der Waals surface area contributed by atoms with Crippen LogP contribution in [0.3, 0.4) is 0 Å². The van der Waals surface area contributed by atoms with E-state index < -0.39 is 0 Å². The number of nitrogens with one attached hydrogen (secondary N) is 1. The van der Waals surface area contributed by atoms with Gasteiger partial charge in [-0.15, -0.1) is 11.3 Å². The summed E-state index contributed by atoms with van der Waals surface area (Å²) < 4.78 is 0. The summed E-state index contributed by atoms with van der Waals surface area (Å²) in [5.41, 5.74) is 8.77. The van der Waals surface area contributed by atoms with Crippen LogP contribution in [-0.2, 0) is 5.41 Å². The molecular weight excluding hydrogens is 270 g/mol. The van der Waals surface area contributed by atoms with Gasteiger partial charge in [0.2, 0.25) is 0 Å². The third kappa shape index (κ3) is 2.99. The van der Waals surface area contributed by atoms with Gasteiger partial charge in [0, 0.05) is 16.5 Å². The Bertz CT molecular complexity index is 641. The van der Waals surface area contributed by atoms with Crippen molar-refractivity contribution in [3.8, 4) is 0 Å². The van der Waals surface area contributed by atoms with Gasteiger partial charge in [0.05, 0.1) is 11.3 Å². The molecule has 0 spiro atoms. The molecule has 0 saturated heterocycles. The molecule has 1 amide bonds. The zero-order chi connectivity index (χ0) is 14.9. The maximum Gasteiger partial charge on any atom is 0.259 e. The van der Waals surface area contributed by atoms with Crippen LogP contribution in [0.1, 0.15) is 42.4 Å². The number of carbonyl (C=O) groups is 1. The van der Waals surface area contributed by atoms with E-state index in [0.717, 1.165) is 11.3 Å². The molecule has 0 aliphatic rings. The highest BCUT2D eigenvalue weighted by Crippen LogP contribution is 2.27. The molecule has 1 aromatic carbocycles. The number of aryl methyl sites for hydroxylation is 1. The highest BCUT2D eigenvalue weighted by molar-refractivity contribution is 7.14. The van der Waals surface area contributed by atoms with Gasteiger partial charge >= 0.3 is 0 Å². The topological polar surface area (TPSA) is 68.0 Å². The van der Waals surface area contributed by atoms with Crippen LogP contribution in [0.4, 0.5) is 10.8 Å². The van der Waals surface area contributed by atoms with Crippen LogP contribution in [0, 0.1) is 6.92 Å². The third-order valence-electron chi connectivity index (χ3n) is 3.06. The molecule has 1 aromatic heterocycles. The van der Waals surface area contributed by atoms with Crippen molar-refractivity contribution >= 4 is 28.1 Å². The minimum atomic E-state index is -0.221. The van der Waals surface area contributed by atoms with Crippen LogP contribution >= 0.6 is 11.3 Å². The van der Waals surface area contributed by atoms with Crippen LogP contribution in [0.5, 0.6) is 0 Å². The highest BCUT2D eigenvalue weighted by atomic mass is 32.1. The Morgan fingerprint density at radius 1 is 1.35 bits per heavy atom. The van der Waals surface area contributed by atoms with E-state index in [1.54, 1.807) is 6.07 Å². The second-order valence-corrected chi connectivity index (χ2v) is 6.64. The Morgan fingerprint density at radius 2 is 2.05 bits per heavy atom. The largest absolute Gasteiger partial charge is 0.398 e. The molecular formula is C15H19N3OS. The number of rotatable bonds is 2. The average molecular weight is 289 g/mol. The minimum absolute atomic E-state index is 0.0260. The van der Waals surface area contributed by atoms with Crippen LogP contribution in [0.15, 0.2) is 23.6 Å². The summed E-state index contributed by atoms with van der Waals surface area (Å²) in [7, 11) is 0. The summed E-state index contributed by atoms with van der Waals surface area (Å²) in [6.45, 7) is 8.15. The third-order valence-corrected chi connectivity index (χ3v) is 3.82. The van der Waals surface area contributed by atoms with Crippen molar-refractivity contribution in [3.05, 3.63) is 40.4 Å². The molecule has 3 N–H and O–H groups in total. The molecule has 4 nitrogen and oxygen atoms in total. The average Bonchev–Trinajstić information content (AvgIpc) is 2.81. The van der Waals surface area contributed by atoms with Gasteiger partial charge in [-0.1, -0.05) is 32.9 Å². The Hall–Kier alpha value is -1.88. The smallest absolute Gasteiger partial charge is 0.259 e. The van der Waals surface area contributed by atoms with Crippen molar-refractivity contribution in [1.82, 2.24) is 4.98 Å². The number of thiazole rings is 1. The van der Waals surface area contributed by atoms with Gasteiger partial charge in [0.25, 0.3) is 5.91 Å². The molecule has 20 heavy (non-hydrogen) atoms. The first kappa shape index (κ1) is 14.5. The lowest BCUT2D eigenvalue weighted by molar-refractivity contribution is 0.102. The van der Waals surface area contributed by atoms with Crippen molar-refractivity contribution in [2.24, 2.45) is 0 Å². The molecule has 0 atom stereocenters. The fraction of sp³-hybridized carbons (Fsp3) is 0.333. The van der Waals surface area contributed by atoms with E-state index in [1.165, 1.54) is 11.3 Å². The SMILES string of the molecule is Cc1cccc(C(=O)Nc2nc(C(C)(C)C)cs2)c1N. The van der Waals surface area contributed by atoms with Crippen molar-refractivity contribution in [1.29, 1.82) is 0 Å². The van der Waals surface area contributed by atoms with E-state index in [4.69, 9.17) is 5.73 Å². The van der Waals surface area contributed by atoms with Crippen molar-refractivity contribution in [3.63, 3.8) is 0 Å². The van der Waals surface area contributed by atoms with Gasteiger partial charge in [-0.05, 0) is 18.6 Å². The number of para-hydroxylation sites is 1. The molecule has 0 unspecified atom stereocenters. The minimum Gasteiger partial charge on any atom is -0.398 e. The molecule has 0 aliphatic carbocycles. The number of benzene rings is 1. The van der Waals surface area contributed by atoms with Gasteiger partial charge in [0.15, 0.2) is 5.13 Å². The van der Waals surface area contributed by atoms with Crippen LogP contribution in [0.2, 0.25) is 0 Å².